The van der Waals surface area contributed by atoms with Crippen molar-refractivity contribution in [2.45, 2.75) is 105 Å². The highest BCUT2D eigenvalue weighted by Gasteiger charge is 2.22. The lowest BCUT2D eigenvalue weighted by molar-refractivity contribution is 0.272. The lowest BCUT2D eigenvalue weighted by atomic mass is 9.81. The van der Waals surface area contributed by atoms with Crippen molar-refractivity contribution >= 4 is 23.8 Å². The Morgan fingerprint density at radius 1 is 0.842 bits per heavy atom. The molecule has 0 aromatic rings. The standard InChI is InChI=1S/C28H58N10/c1-5-9-12-21(7-3)17-33-25(29)37-27(31)35-19-23-14-11-15-24(16-23)20-36-28(32)38-26(30)34-18-22(8-4)13-10-6-2/h21-24H,5-20H2,1-4H3,(H5,29,31,33,35,37)(H5,30,32,34,36,38). The number of nitrogens with zero attached hydrogens (tertiary/aromatic N) is 2. The molecular weight excluding hydrogens is 476 g/mol. The highest BCUT2D eigenvalue weighted by Crippen LogP contribution is 2.28. The molecule has 1 fully saturated rings. The van der Waals surface area contributed by atoms with E-state index in [0.717, 1.165) is 58.2 Å². The van der Waals surface area contributed by atoms with Gasteiger partial charge in [-0.25, -0.2) is 0 Å². The molecule has 0 amide bonds. The molecule has 1 aliphatic carbocycles. The third-order valence-electron chi connectivity index (χ3n) is 7.68. The summed E-state index contributed by atoms with van der Waals surface area (Å²) in [5, 5.41) is 28.5. The van der Waals surface area contributed by atoms with Crippen LogP contribution in [-0.4, -0.2) is 50.0 Å². The van der Waals surface area contributed by atoms with Gasteiger partial charge < -0.3 is 27.4 Å². The van der Waals surface area contributed by atoms with E-state index in [9.17, 15) is 0 Å². The smallest absolute Gasteiger partial charge is 0.218 e. The maximum Gasteiger partial charge on any atom is 0.218 e. The van der Waals surface area contributed by atoms with E-state index >= 15 is 0 Å². The number of aliphatic imine (C=N–C) groups is 2. The average Bonchev–Trinajstić information content (AvgIpc) is 2.91. The normalized spacial score (nSPS) is 19.9. The first kappa shape index (κ1) is 33.5. The largest absolute Gasteiger partial charge is 0.370 e. The molecular formula is C28H58N10. The molecule has 4 unspecified atom stereocenters. The molecule has 1 saturated carbocycles. The summed E-state index contributed by atoms with van der Waals surface area (Å²) >= 11 is 0. The first-order valence-electron chi connectivity index (χ1n) is 15.1. The summed E-state index contributed by atoms with van der Waals surface area (Å²) < 4.78 is 0. The van der Waals surface area contributed by atoms with Gasteiger partial charge in [0.25, 0.3) is 0 Å². The van der Waals surface area contributed by atoms with Crippen LogP contribution in [0.5, 0.6) is 0 Å². The summed E-state index contributed by atoms with van der Waals surface area (Å²) in [5.74, 6) is 3.02. The van der Waals surface area contributed by atoms with E-state index < -0.39 is 0 Å². The van der Waals surface area contributed by atoms with Crippen LogP contribution in [0.15, 0.2) is 9.98 Å². The lowest BCUT2D eigenvalue weighted by Gasteiger charge is -2.28. The summed E-state index contributed by atoms with van der Waals surface area (Å²) in [4.78, 5) is 8.69. The zero-order valence-electron chi connectivity index (χ0n) is 24.7. The van der Waals surface area contributed by atoms with E-state index in [1.54, 1.807) is 0 Å². The molecule has 0 bridgehead atoms. The maximum atomic E-state index is 8.11. The van der Waals surface area contributed by atoms with Crippen molar-refractivity contribution in [2.24, 2.45) is 45.1 Å². The summed E-state index contributed by atoms with van der Waals surface area (Å²) in [5.41, 5.74) is 12.1. The van der Waals surface area contributed by atoms with Crippen LogP contribution in [0.4, 0.5) is 0 Å². The molecule has 38 heavy (non-hydrogen) atoms. The maximum absolute atomic E-state index is 8.11. The second-order valence-corrected chi connectivity index (χ2v) is 10.9. The molecule has 10 heteroatoms. The van der Waals surface area contributed by atoms with Crippen LogP contribution < -0.4 is 32.7 Å². The topological polar surface area (TPSA) is 173 Å². The highest BCUT2D eigenvalue weighted by molar-refractivity contribution is 5.96. The zero-order valence-corrected chi connectivity index (χ0v) is 24.7. The van der Waals surface area contributed by atoms with Crippen molar-refractivity contribution < 1.29 is 0 Å². The van der Waals surface area contributed by atoms with Crippen molar-refractivity contribution in [1.29, 1.82) is 10.8 Å². The van der Waals surface area contributed by atoms with Crippen LogP contribution in [0.1, 0.15) is 105 Å². The SMILES string of the molecule is CCCCC(CC)CNC(=N)/N=C(\N)NCC1CCCC(CN=C(N)NC(=N)NCC(CC)CCCC)C1. The summed E-state index contributed by atoms with van der Waals surface area (Å²) in [6, 6.07) is 0. The molecule has 10 N–H and O–H groups in total. The second kappa shape index (κ2) is 20.4. The Morgan fingerprint density at radius 2 is 1.45 bits per heavy atom. The molecule has 0 aromatic heterocycles. The van der Waals surface area contributed by atoms with Gasteiger partial charge in [0.15, 0.2) is 17.9 Å². The quantitative estimate of drug-likeness (QED) is 0.109. The Kier molecular flexibility index (Phi) is 18.0. The summed E-state index contributed by atoms with van der Waals surface area (Å²) in [7, 11) is 0. The van der Waals surface area contributed by atoms with Crippen LogP contribution in [0.2, 0.25) is 0 Å². The molecule has 1 aliphatic rings. The summed E-state index contributed by atoms with van der Waals surface area (Å²) in [6.07, 6.45) is 13.9. The van der Waals surface area contributed by atoms with Crippen LogP contribution in [0, 0.1) is 34.5 Å². The van der Waals surface area contributed by atoms with E-state index in [1.807, 2.05) is 0 Å². The number of hydrogen-bond acceptors (Lipinski definition) is 3. The second-order valence-electron chi connectivity index (χ2n) is 10.9. The van der Waals surface area contributed by atoms with Crippen LogP contribution in [0.3, 0.4) is 0 Å². The predicted octanol–water partition coefficient (Wildman–Crippen LogP) is 4.08. The van der Waals surface area contributed by atoms with E-state index in [2.05, 4.69) is 58.9 Å². The van der Waals surface area contributed by atoms with Gasteiger partial charge >= 0.3 is 0 Å². The Morgan fingerprint density at radius 3 is 2.05 bits per heavy atom. The number of rotatable bonds is 16. The van der Waals surface area contributed by atoms with Gasteiger partial charge in [-0.15, -0.1) is 0 Å². The number of guanidine groups is 4. The van der Waals surface area contributed by atoms with E-state index in [0.29, 0.717) is 42.1 Å². The molecule has 0 aromatic carbocycles. The number of nitrogens with two attached hydrogens (primary N) is 2. The van der Waals surface area contributed by atoms with Gasteiger partial charge in [0.1, 0.15) is 0 Å². The summed E-state index contributed by atoms with van der Waals surface area (Å²) in [6.45, 7) is 11.8. The fraction of sp³-hybridized carbons (Fsp3) is 0.857. The van der Waals surface area contributed by atoms with Gasteiger partial charge in [-0.3, -0.25) is 21.1 Å². The van der Waals surface area contributed by atoms with Gasteiger partial charge in [-0.05, 0) is 55.8 Å². The first-order chi connectivity index (χ1) is 18.3. The van der Waals surface area contributed by atoms with Crippen molar-refractivity contribution in [3.8, 4) is 0 Å². The van der Waals surface area contributed by atoms with Crippen molar-refractivity contribution in [1.82, 2.24) is 21.3 Å². The third kappa shape index (κ3) is 15.7. The van der Waals surface area contributed by atoms with Gasteiger partial charge in [-0.2, -0.15) is 4.99 Å². The third-order valence-corrected chi connectivity index (χ3v) is 7.68. The van der Waals surface area contributed by atoms with Gasteiger partial charge in [0.05, 0.1) is 0 Å². The molecule has 0 heterocycles. The van der Waals surface area contributed by atoms with E-state index in [4.69, 9.17) is 22.3 Å². The van der Waals surface area contributed by atoms with Crippen molar-refractivity contribution in [3.63, 3.8) is 0 Å². The molecule has 0 spiro atoms. The monoisotopic (exact) mass is 534 g/mol. The van der Waals surface area contributed by atoms with Crippen LogP contribution >= 0.6 is 0 Å². The predicted molar refractivity (Wildman–Crippen MR) is 163 cm³/mol. The first-order valence-corrected chi connectivity index (χ1v) is 15.1. The molecule has 220 valence electrons. The zero-order chi connectivity index (χ0) is 28.2. The number of nitrogens with one attached hydrogen (secondary N) is 6. The minimum absolute atomic E-state index is 0.120. The lowest BCUT2D eigenvalue weighted by Crippen LogP contribution is -2.45. The Labute approximate surface area is 232 Å². The molecule has 0 saturated heterocycles. The molecule has 10 nitrogen and oxygen atoms in total. The van der Waals surface area contributed by atoms with E-state index in [1.165, 1.54) is 38.5 Å². The Bertz CT molecular complexity index is 720. The fourth-order valence-electron chi connectivity index (χ4n) is 5.02. The molecule has 0 radical (unpaired) electrons. The van der Waals surface area contributed by atoms with Crippen molar-refractivity contribution in [3.05, 3.63) is 0 Å². The van der Waals surface area contributed by atoms with Crippen molar-refractivity contribution in [2.75, 3.05) is 26.2 Å². The van der Waals surface area contributed by atoms with Gasteiger partial charge in [0, 0.05) is 26.2 Å². The minimum Gasteiger partial charge on any atom is -0.370 e. The molecule has 4 atom stereocenters. The number of hydrogen-bond donors (Lipinski definition) is 8. The van der Waals surface area contributed by atoms with Crippen LogP contribution in [0.25, 0.3) is 0 Å². The Hall–Kier alpha value is -2.52. The highest BCUT2D eigenvalue weighted by atomic mass is 15.2. The minimum atomic E-state index is 0.120. The van der Waals surface area contributed by atoms with Crippen LogP contribution in [-0.2, 0) is 0 Å². The Balaban J connectivity index is 2.36. The molecule has 0 aliphatic heterocycles. The average molecular weight is 535 g/mol. The van der Waals surface area contributed by atoms with E-state index in [-0.39, 0.29) is 11.9 Å². The van der Waals surface area contributed by atoms with Gasteiger partial charge in [-0.1, -0.05) is 72.6 Å². The van der Waals surface area contributed by atoms with Gasteiger partial charge in [0.2, 0.25) is 5.96 Å². The fourth-order valence-corrected chi connectivity index (χ4v) is 5.02. The number of unbranched alkanes of at least 4 members (excludes halogenated alkanes) is 2. The molecule has 1 rings (SSSR count).